The molecule has 1 aliphatic rings. The number of carbonyl (C=O) groups excluding carboxylic acids is 2. The average molecular weight is 273 g/mol. The third-order valence-electron chi connectivity index (χ3n) is 2.33. The number of unbranched alkanes of at least 4 members (excludes halogenated alkanes) is 2. The topological polar surface area (TPSA) is 46.2 Å². The van der Waals surface area contributed by atoms with Gasteiger partial charge in [-0.3, -0.25) is 14.9 Å². The lowest BCUT2D eigenvalue weighted by atomic mass is 10.4. The number of carbonyl (C=O) groups is 2. The highest BCUT2D eigenvalue weighted by Gasteiger charge is 2.30. The molecule has 1 heterocycles. The summed E-state index contributed by atoms with van der Waals surface area (Å²) in [6.07, 6.45) is 4.35. The monoisotopic (exact) mass is 273 g/mol. The smallest absolute Gasteiger partial charge is 0.265 e. The van der Waals surface area contributed by atoms with Crippen molar-refractivity contribution in [1.82, 2.24) is 5.32 Å². The minimum atomic E-state index is -0.213. The van der Waals surface area contributed by atoms with E-state index in [0.717, 1.165) is 37.2 Å². The highest BCUT2D eigenvalue weighted by atomic mass is 32.2. The van der Waals surface area contributed by atoms with Gasteiger partial charge in [-0.15, -0.1) is 23.5 Å². The van der Waals surface area contributed by atoms with Crippen molar-refractivity contribution in [3.8, 4) is 0 Å². The van der Waals surface area contributed by atoms with Crippen molar-refractivity contribution in [2.24, 2.45) is 0 Å². The molecule has 0 saturated carbocycles. The molecule has 3 nitrogen and oxygen atoms in total. The molecule has 0 aliphatic carbocycles. The van der Waals surface area contributed by atoms with Crippen molar-refractivity contribution in [3.05, 3.63) is 9.81 Å². The second-order valence-electron chi connectivity index (χ2n) is 3.85. The van der Waals surface area contributed by atoms with Gasteiger partial charge >= 0.3 is 0 Å². The number of hydrogen-bond acceptors (Lipinski definition) is 4. The quantitative estimate of drug-likeness (QED) is 0.545. The molecule has 1 aliphatic heterocycles. The zero-order valence-corrected chi connectivity index (χ0v) is 12.0. The molecule has 0 saturated heterocycles. The van der Waals surface area contributed by atoms with Gasteiger partial charge in [-0.1, -0.05) is 26.7 Å². The fourth-order valence-corrected chi connectivity index (χ4v) is 3.76. The van der Waals surface area contributed by atoms with Gasteiger partial charge in [-0.05, 0) is 24.3 Å². The summed E-state index contributed by atoms with van der Waals surface area (Å²) in [4.78, 5) is 24.5. The molecule has 0 bridgehead atoms. The van der Waals surface area contributed by atoms with E-state index in [0.29, 0.717) is 9.81 Å². The standard InChI is InChI=1S/C12H19NO2S2/c1-3-5-7-16-9-10(17-8-6-4-2)12(15)13-11(9)14/h3-8H2,1-2H3,(H,13,14,15). The van der Waals surface area contributed by atoms with Gasteiger partial charge in [0, 0.05) is 0 Å². The number of amides is 2. The maximum atomic E-state index is 11.6. The van der Waals surface area contributed by atoms with E-state index in [1.165, 1.54) is 23.5 Å². The highest BCUT2D eigenvalue weighted by molar-refractivity contribution is 8.08. The Morgan fingerprint density at radius 1 is 0.882 bits per heavy atom. The van der Waals surface area contributed by atoms with E-state index in [1.807, 2.05) is 0 Å². The summed E-state index contributed by atoms with van der Waals surface area (Å²) in [5.74, 6) is 1.39. The number of thioether (sulfide) groups is 2. The van der Waals surface area contributed by atoms with Crippen LogP contribution in [0.1, 0.15) is 39.5 Å². The molecule has 0 aromatic rings. The third kappa shape index (κ3) is 4.39. The second-order valence-corrected chi connectivity index (χ2v) is 6.06. The fraction of sp³-hybridized carbons (Fsp3) is 0.667. The van der Waals surface area contributed by atoms with Crippen LogP contribution in [0.25, 0.3) is 0 Å². The van der Waals surface area contributed by atoms with Crippen LogP contribution in [0.2, 0.25) is 0 Å². The number of imide groups is 1. The van der Waals surface area contributed by atoms with Crippen molar-refractivity contribution >= 4 is 35.3 Å². The minimum absolute atomic E-state index is 0.213. The lowest BCUT2D eigenvalue weighted by Crippen LogP contribution is -2.22. The molecule has 1 rings (SSSR count). The van der Waals surface area contributed by atoms with Crippen LogP contribution in [0.15, 0.2) is 9.81 Å². The third-order valence-corrected chi connectivity index (χ3v) is 4.81. The van der Waals surface area contributed by atoms with E-state index >= 15 is 0 Å². The van der Waals surface area contributed by atoms with Crippen LogP contribution >= 0.6 is 23.5 Å². The molecular weight excluding hydrogens is 254 g/mol. The van der Waals surface area contributed by atoms with Gasteiger partial charge in [-0.2, -0.15) is 0 Å². The molecule has 0 aromatic heterocycles. The molecule has 5 heteroatoms. The summed E-state index contributed by atoms with van der Waals surface area (Å²) >= 11 is 3.03. The lowest BCUT2D eigenvalue weighted by Gasteiger charge is -2.02. The van der Waals surface area contributed by atoms with Gasteiger partial charge in [0.2, 0.25) is 0 Å². The van der Waals surface area contributed by atoms with Gasteiger partial charge < -0.3 is 0 Å². The summed E-state index contributed by atoms with van der Waals surface area (Å²) in [7, 11) is 0. The van der Waals surface area contributed by atoms with Crippen molar-refractivity contribution in [1.29, 1.82) is 0 Å². The molecular formula is C12H19NO2S2. The van der Waals surface area contributed by atoms with Crippen LogP contribution < -0.4 is 5.32 Å². The first-order chi connectivity index (χ1) is 8.20. The normalized spacial score (nSPS) is 15.6. The Balaban J connectivity index is 2.60. The predicted molar refractivity (Wildman–Crippen MR) is 74.9 cm³/mol. The van der Waals surface area contributed by atoms with Gasteiger partial charge in [0.15, 0.2) is 0 Å². The number of nitrogens with one attached hydrogen (secondary N) is 1. The summed E-state index contributed by atoms with van der Waals surface area (Å²) in [5.41, 5.74) is 0. The average Bonchev–Trinajstić information content (AvgIpc) is 2.56. The largest absolute Gasteiger partial charge is 0.287 e. The van der Waals surface area contributed by atoms with Crippen LogP contribution in [0, 0.1) is 0 Å². The van der Waals surface area contributed by atoms with Crippen molar-refractivity contribution in [2.45, 2.75) is 39.5 Å². The first-order valence-electron chi connectivity index (χ1n) is 6.06. The van der Waals surface area contributed by atoms with Crippen LogP contribution in [0.3, 0.4) is 0 Å². The molecule has 96 valence electrons. The summed E-state index contributed by atoms with van der Waals surface area (Å²) in [6.45, 7) is 4.23. The zero-order chi connectivity index (χ0) is 12.7. The minimum Gasteiger partial charge on any atom is -0.287 e. The van der Waals surface area contributed by atoms with Gasteiger partial charge in [0.05, 0.1) is 9.81 Å². The number of hydrogen-bond donors (Lipinski definition) is 1. The SMILES string of the molecule is CCCCSC1=C(SCCCC)C(=O)NC1=O. The van der Waals surface area contributed by atoms with Crippen molar-refractivity contribution < 1.29 is 9.59 Å². The van der Waals surface area contributed by atoms with E-state index in [9.17, 15) is 9.59 Å². The van der Waals surface area contributed by atoms with Gasteiger partial charge in [0.1, 0.15) is 0 Å². The first kappa shape index (κ1) is 14.6. The Morgan fingerprint density at radius 2 is 1.29 bits per heavy atom. The summed E-state index contributed by atoms with van der Waals surface area (Å²) in [6, 6.07) is 0. The van der Waals surface area contributed by atoms with Gasteiger partial charge in [-0.25, -0.2) is 0 Å². The van der Waals surface area contributed by atoms with Crippen molar-refractivity contribution in [2.75, 3.05) is 11.5 Å². The molecule has 0 spiro atoms. The maximum Gasteiger partial charge on any atom is 0.265 e. The second kappa shape index (κ2) is 7.82. The Morgan fingerprint density at radius 3 is 1.65 bits per heavy atom. The van der Waals surface area contributed by atoms with E-state index in [2.05, 4.69) is 19.2 Å². The zero-order valence-electron chi connectivity index (χ0n) is 10.4. The molecule has 2 amide bonds. The Labute approximate surface area is 111 Å². The van der Waals surface area contributed by atoms with Crippen LogP contribution in [-0.2, 0) is 9.59 Å². The Bertz CT molecular complexity index is 296. The molecule has 0 unspecified atom stereocenters. The predicted octanol–water partition coefficient (Wildman–Crippen LogP) is 2.92. The van der Waals surface area contributed by atoms with E-state index in [-0.39, 0.29) is 11.8 Å². The maximum absolute atomic E-state index is 11.6. The highest BCUT2D eigenvalue weighted by Crippen LogP contribution is 2.33. The fourth-order valence-electron chi connectivity index (χ4n) is 1.32. The van der Waals surface area contributed by atoms with E-state index in [4.69, 9.17) is 0 Å². The summed E-state index contributed by atoms with van der Waals surface area (Å²) in [5, 5.41) is 2.38. The van der Waals surface area contributed by atoms with Gasteiger partial charge in [0.25, 0.3) is 11.8 Å². The van der Waals surface area contributed by atoms with Crippen LogP contribution in [0.5, 0.6) is 0 Å². The van der Waals surface area contributed by atoms with E-state index < -0.39 is 0 Å². The lowest BCUT2D eigenvalue weighted by molar-refractivity contribution is -0.123. The first-order valence-corrected chi connectivity index (χ1v) is 8.03. The molecule has 0 fully saturated rings. The number of rotatable bonds is 8. The molecule has 0 radical (unpaired) electrons. The molecule has 1 N–H and O–H groups in total. The van der Waals surface area contributed by atoms with Crippen molar-refractivity contribution in [3.63, 3.8) is 0 Å². The Hall–Kier alpha value is -0.420. The molecule has 0 aromatic carbocycles. The summed E-state index contributed by atoms with van der Waals surface area (Å²) < 4.78 is 0. The molecule has 0 atom stereocenters. The van der Waals surface area contributed by atoms with E-state index in [1.54, 1.807) is 0 Å². The van der Waals surface area contributed by atoms with Crippen LogP contribution in [0.4, 0.5) is 0 Å². The molecule has 17 heavy (non-hydrogen) atoms. The Kier molecular flexibility index (Phi) is 6.73. The van der Waals surface area contributed by atoms with Crippen LogP contribution in [-0.4, -0.2) is 23.3 Å².